The van der Waals surface area contributed by atoms with Gasteiger partial charge in [-0.15, -0.1) is 0 Å². The van der Waals surface area contributed by atoms with Gasteiger partial charge in [-0.25, -0.2) is 0 Å². The summed E-state index contributed by atoms with van der Waals surface area (Å²) in [6, 6.07) is 15.4. The number of nitrogens with one attached hydrogen (secondary N) is 2. The molecule has 0 fully saturated rings. The predicted molar refractivity (Wildman–Crippen MR) is 94.5 cm³/mol. The summed E-state index contributed by atoms with van der Waals surface area (Å²) in [7, 11) is -1.75. The van der Waals surface area contributed by atoms with E-state index in [-0.39, 0.29) is 13.1 Å². The Balaban J connectivity index is 1.69. The van der Waals surface area contributed by atoms with Gasteiger partial charge in [0.15, 0.2) is 0 Å². The van der Waals surface area contributed by atoms with Crippen molar-refractivity contribution in [2.75, 3.05) is 0 Å². The van der Waals surface area contributed by atoms with Gasteiger partial charge in [-0.2, -0.15) is 23.0 Å². The summed E-state index contributed by atoms with van der Waals surface area (Å²) in [6.45, 7) is 2.39. The van der Waals surface area contributed by atoms with Crippen LogP contribution in [0.5, 0.6) is 0 Å². The zero-order chi connectivity index (χ0) is 17.2. The summed E-state index contributed by atoms with van der Waals surface area (Å²) in [6.07, 6.45) is 0. The maximum absolute atomic E-state index is 12.1. The molecule has 0 aliphatic rings. The highest BCUT2D eigenvalue weighted by Crippen LogP contribution is 2.19. The first kappa shape index (κ1) is 16.6. The molecule has 0 spiro atoms. The Labute approximate surface area is 141 Å². The fourth-order valence-corrected chi connectivity index (χ4v) is 3.36. The quantitative estimate of drug-likeness (QED) is 0.718. The van der Waals surface area contributed by atoms with E-state index >= 15 is 0 Å². The van der Waals surface area contributed by atoms with Gasteiger partial charge in [-0.3, -0.25) is 4.68 Å². The number of hydrogen-bond acceptors (Lipinski definition) is 3. The third-order valence-corrected chi connectivity index (χ3v) is 4.87. The van der Waals surface area contributed by atoms with Gasteiger partial charge in [0.05, 0.1) is 17.8 Å². The normalized spacial score (nSPS) is 11.9. The van der Waals surface area contributed by atoms with E-state index < -0.39 is 10.2 Å². The van der Waals surface area contributed by atoms with Crippen molar-refractivity contribution in [2.45, 2.75) is 20.0 Å². The molecule has 0 bridgehead atoms. The number of nitrogens with zero attached hydrogens (tertiary/aromatic N) is 2. The Kier molecular flexibility index (Phi) is 4.66. The lowest BCUT2D eigenvalue weighted by Gasteiger charge is -2.07. The van der Waals surface area contributed by atoms with Crippen molar-refractivity contribution >= 4 is 21.1 Å². The maximum atomic E-state index is 12.1. The summed E-state index contributed by atoms with van der Waals surface area (Å²) in [5.74, 6) is 0. The van der Waals surface area contributed by atoms with Crippen LogP contribution in [0.25, 0.3) is 10.9 Å². The number of aromatic nitrogens is 2. The molecule has 0 atom stereocenters. The van der Waals surface area contributed by atoms with Crippen molar-refractivity contribution < 1.29 is 8.42 Å². The Morgan fingerprint density at radius 3 is 2.50 bits per heavy atom. The molecule has 0 saturated heterocycles. The SMILES string of the molecule is Cc1ccc2c(c1)c(CNS(=O)(=O)NCc1ccccc1)nn2C. The second kappa shape index (κ2) is 6.72. The minimum atomic E-state index is -3.60. The number of fused-ring (bicyclic) bond motifs is 1. The van der Waals surface area contributed by atoms with E-state index in [1.165, 1.54) is 0 Å². The summed E-state index contributed by atoms with van der Waals surface area (Å²) < 4.78 is 31.1. The molecule has 0 aliphatic heterocycles. The molecule has 0 amide bonds. The third-order valence-electron chi connectivity index (χ3n) is 3.82. The molecular formula is C17H20N4O2S. The molecule has 7 heteroatoms. The fraction of sp³-hybridized carbons (Fsp3) is 0.235. The highest BCUT2D eigenvalue weighted by Gasteiger charge is 2.13. The zero-order valence-corrected chi connectivity index (χ0v) is 14.5. The van der Waals surface area contributed by atoms with Gasteiger partial charge in [0, 0.05) is 19.0 Å². The number of hydrogen-bond donors (Lipinski definition) is 2. The van der Waals surface area contributed by atoms with Gasteiger partial charge in [-0.1, -0.05) is 42.0 Å². The van der Waals surface area contributed by atoms with Crippen LogP contribution in [-0.2, 0) is 30.3 Å². The second-order valence-corrected chi connectivity index (χ2v) is 7.31. The smallest absolute Gasteiger partial charge is 0.268 e. The van der Waals surface area contributed by atoms with Crippen LogP contribution in [0.3, 0.4) is 0 Å². The highest BCUT2D eigenvalue weighted by molar-refractivity contribution is 7.87. The monoisotopic (exact) mass is 344 g/mol. The molecule has 0 unspecified atom stereocenters. The Morgan fingerprint density at radius 2 is 1.75 bits per heavy atom. The second-order valence-electron chi connectivity index (χ2n) is 5.72. The highest BCUT2D eigenvalue weighted by atomic mass is 32.2. The fourth-order valence-electron chi connectivity index (χ4n) is 2.57. The van der Waals surface area contributed by atoms with Crippen molar-refractivity contribution in [3.8, 4) is 0 Å². The van der Waals surface area contributed by atoms with Crippen molar-refractivity contribution in [1.29, 1.82) is 0 Å². The first-order valence-corrected chi connectivity index (χ1v) is 9.13. The minimum Gasteiger partial charge on any atom is -0.268 e. The number of benzene rings is 2. The van der Waals surface area contributed by atoms with Crippen LogP contribution in [-0.4, -0.2) is 18.2 Å². The Morgan fingerprint density at radius 1 is 1.04 bits per heavy atom. The predicted octanol–water partition coefficient (Wildman–Crippen LogP) is 2.01. The molecule has 0 saturated carbocycles. The largest absolute Gasteiger partial charge is 0.277 e. The van der Waals surface area contributed by atoms with Crippen molar-refractivity contribution in [3.63, 3.8) is 0 Å². The van der Waals surface area contributed by atoms with Gasteiger partial charge in [0.2, 0.25) is 0 Å². The van der Waals surface area contributed by atoms with Gasteiger partial charge in [0.1, 0.15) is 0 Å². The van der Waals surface area contributed by atoms with Gasteiger partial charge < -0.3 is 0 Å². The van der Waals surface area contributed by atoms with E-state index in [0.29, 0.717) is 5.69 Å². The Hall–Kier alpha value is -2.22. The molecule has 24 heavy (non-hydrogen) atoms. The lowest BCUT2D eigenvalue weighted by Crippen LogP contribution is -2.35. The number of rotatable bonds is 6. The molecule has 0 radical (unpaired) electrons. The molecule has 126 valence electrons. The number of aryl methyl sites for hydroxylation is 2. The minimum absolute atomic E-state index is 0.144. The van der Waals surface area contributed by atoms with Crippen LogP contribution in [0.1, 0.15) is 16.8 Å². The first-order valence-electron chi connectivity index (χ1n) is 7.65. The van der Waals surface area contributed by atoms with Crippen LogP contribution in [0, 0.1) is 6.92 Å². The van der Waals surface area contributed by atoms with Gasteiger partial charge in [-0.05, 0) is 24.6 Å². The molecule has 0 aliphatic carbocycles. The van der Waals surface area contributed by atoms with Gasteiger partial charge in [0.25, 0.3) is 10.2 Å². The molecule has 3 rings (SSSR count). The summed E-state index contributed by atoms with van der Waals surface area (Å²) in [5, 5.41) is 5.38. The summed E-state index contributed by atoms with van der Waals surface area (Å²) in [5.41, 5.74) is 3.71. The summed E-state index contributed by atoms with van der Waals surface area (Å²) in [4.78, 5) is 0. The van der Waals surface area contributed by atoms with Crippen molar-refractivity contribution in [2.24, 2.45) is 7.05 Å². The summed E-state index contributed by atoms with van der Waals surface area (Å²) >= 11 is 0. The van der Waals surface area contributed by atoms with Crippen LogP contribution < -0.4 is 9.44 Å². The first-order chi connectivity index (χ1) is 11.4. The van der Waals surface area contributed by atoms with Crippen LogP contribution in [0.2, 0.25) is 0 Å². The molecule has 1 heterocycles. The average Bonchev–Trinajstić information content (AvgIpc) is 2.88. The van der Waals surface area contributed by atoms with E-state index in [9.17, 15) is 8.42 Å². The molecular weight excluding hydrogens is 324 g/mol. The molecule has 6 nitrogen and oxygen atoms in total. The molecule has 3 aromatic rings. The maximum Gasteiger partial charge on any atom is 0.277 e. The zero-order valence-electron chi connectivity index (χ0n) is 13.7. The third kappa shape index (κ3) is 3.81. The topological polar surface area (TPSA) is 76.0 Å². The lowest BCUT2D eigenvalue weighted by atomic mass is 10.1. The molecule has 2 aromatic carbocycles. The van der Waals surface area contributed by atoms with Crippen LogP contribution in [0.4, 0.5) is 0 Å². The van der Waals surface area contributed by atoms with Crippen LogP contribution in [0.15, 0.2) is 48.5 Å². The molecule has 1 aromatic heterocycles. The standard InChI is InChI=1S/C17H20N4O2S/c1-13-8-9-17-15(10-13)16(20-21(17)2)12-19-24(22,23)18-11-14-6-4-3-5-7-14/h3-10,18-19H,11-12H2,1-2H3. The Bertz CT molecular complexity index is 949. The molecule has 2 N–H and O–H groups in total. The van der Waals surface area contributed by atoms with Crippen molar-refractivity contribution in [1.82, 2.24) is 19.2 Å². The lowest BCUT2D eigenvalue weighted by molar-refractivity contribution is 0.564. The van der Waals surface area contributed by atoms with E-state index in [4.69, 9.17) is 0 Å². The van der Waals surface area contributed by atoms with E-state index in [1.54, 1.807) is 4.68 Å². The van der Waals surface area contributed by atoms with E-state index in [2.05, 4.69) is 14.5 Å². The van der Waals surface area contributed by atoms with Crippen molar-refractivity contribution in [3.05, 3.63) is 65.4 Å². The van der Waals surface area contributed by atoms with E-state index in [0.717, 1.165) is 22.0 Å². The van der Waals surface area contributed by atoms with Gasteiger partial charge >= 0.3 is 0 Å². The van der Waals surface area contributed by atoms with Crippen LogP contribution >= 0.6 is 0 Å². The average molecular weight is 344 g/mol. The van der Waals surface area contributed by atoms with E-state index in [1.807, 2.05) is 62.5 Å².